The number of hydrogen-bond acceptors (Lipinski definition) is 4. The lowest BCUT2D eigenvalue weighted by Crippen LogP contribution is -2.03. The molecule has 3 aromatic heterocycles. The van der Waals surface area contributed by atoms with Crippen LogP contribution >= 0.6 is 11.6 Å². The molecule has 152 valence electrons. The van der Waals surface area contributed by atoms with E-state index in [0.717, 1.165) is 16.7 Å². The highest BCUT2D eigenvalue weighted by molar-refractivity contribution is 6.32. The molecule has 0 saturated heterocycles. The molecule has 30 heavy (non-hydrogen) atoms. The fourth-order valence-electron chi connectivity index (χ4n) is 2.97. The second kappa shape index (κ2) is 8.20. The molecule has 0 fully saturated rings. The summed E-state index contributed by atoms with van der Waals surface area (Å²) >= 11 is 6.33. The molecule has 0 aliphatic heterocycles. The van der Waals surface area contributed by atoms with E-state index < -0.39 is 11.8 Å². The molecule has 8 heteroatoms. The lowest BCUT2D eigenvalue weighted by atomic mass is 10.1. The Morgan fingerprint density at radius 3 is 2.50 bits per heavy atom. The topological polar surface area (TPSA) is 63.7 Å². The normalized spacial score (nSPS) is 11.0. The number of nitrogens with one attached hydrogen (secondary N) is 1. The first-order chi connectivity index (χ1) is 14.4. The van der Waals surface area contributed by atoms with Crippen LogP contribution in [0.3, 0.4) is 0 Å². The van der Waals surface area contributed by atoms with Crippen LogP contribution in [0.15, 0.2) is 48.8 Å². The molecule has 1 N–H and O–H groups in total. The molecule has 0 atom stereocenters. The zero-order valence-corrected chi connectivity index (χ0v) is 17.0. The number of pyridine rings is 2. The van der Waals surface area contributed by atoms with Crippen molar-refractivity contribution in [3.05, 3.63) is 82.5 Å². The van der Waals surface area contributed by atoms with E-state index in [9.17, 15) is 8.78 Å². The number of hydrogen-bond donors (Lipinski definition) is 1. The number of benzene rings is 1. The van der Waals surface area contributed by atoms with Gasteiger partial charge in [-0.3, -0.25) is 4.98 Å². The van der Waals surface area contributed by atoms with Gasteiger partial charge in [0.15, 0.2) is 0 Å². The van der Waals surface area contributed by atoms with Crippen molar-refractivity contribution in [2.24, 2.45) is 0 Å². The molecular weight excluding hydrogens is 410 g/mol. The Labute approximate surface area is 176 Å². The van der Waals surface area contributed by atoms with E-state index in [1.807, 2.05) is 19.1 Å². The molecule has 0 saturated carbocycles. The van der Waals surface area contributed by atoms with Crippen molar-refractivity contribution in [3.8, 4) is 28.4 Å². The predicted molar refractivity (Wildman–Crippen MR) is 110 cm³/mol. The van der Waals surface area contributed by atoms with Crippen molar-refractivity contribution in [1.29, 1.82) is 0 Å². The maximum atomic E-state index is 14.0. The number of halogens is 3. The molecule has 0 radical (unpaired) electrons. The molecule has 0 aliphatic carbocycles. The second-order valence-corrected chi connectivity index (χ2v) is 7.21. The average molecular weight is 427 g/mol. The summed E-state index contributed by atoms with van der Waals surface area (Å²) in [6.07, 6.45) is 2.99. The van der Waals surface area contributed by atoms with Gasteiger partial charge in [0.2, 0.25) is 5.95 Å². The van der Waals surface area contributed by atoms with Gasteiger partial charge in [0, 0.05) is 23.5 Å². The third-order valence-corrected chi connectivity index (χ3v) is 4.80. The van der Waals surface area contributed by atoms with Gasteiger partial charge in [-0.1, -0.05) is 11.6 Å². The molecule has 3 heterocycles. The zero-order valence-electron chi connectivity index (χ0n) is 16.2. The van der Waals surface area contributed by atoms with Crippen molar-refractivity contribution < 1.29 is 13.5 Å². The summed E-state index contributed by atoms with van der Waals surface area (Å²) < 4.78 is 32.7. The van der Waals surface area contributed by atoms with Crippen molar-refractivity contribution in [1.82, 2.24) is 19.9 Å². The van der Waals surface area contributed by atoms with Crippen LogP contribution in [-0.4, -0.2) is 19.9 Å². The minimum absolute atomic E-state index is 0.0250. The molecule has 0 amide bonds. The van der Waals surface area contributed by atoms with Gasteiger partial charge in [-0.15, -0.1) is 0 Å². The summed E-state index contributed by atoms with van der Waals surface area (Å²) in [6, 6.07) is 9.73. The van der Waals surface area contributed by atoms with Crippen LogP contribution in [0.5, 0.6) is 5.75 Å². The first-order valence-electron chi connectivity index (χ1n) is 9.13. The highest BCUT2D eigenvalue weighted by Crippen LogP contribution is 2.32. The first kappa shape index (κ1) is 20.0. The molecule has 1 aromatic carbocycles. The minimum atomic E-state index is -0.566. The monoisotopic (exact) mass is 426 g/mol. The maximum Gasteiger partial charge on any atom is 0.212 e. The molecule has 0 aliphatic rings. The lowest BCUT2D eigenvalue weighted by Gasteiger charge is -2.10. The van der Waals surface area contributed by atoms with Crippen LogP contribution in [-0.2, 0) is 6.61 Å². The van der Waals surface area contributed by atoms with Gasteiger partial charge in [-0.05, 0) is 61.4 Å². The maximum absolute atomic E-state index is 14.0. The third-order valence-electron chi connectivity index (χ3n) is 4.53. The van der Waals surface area contributed by atoms with Crippen LogP contribution in [0.4, 0.5) is 8.78 Å². The van der Waals surface area contributed by atoms with E-state index in [0.29, 0.717) is 28.0 Å². The molecule has 4 rings (SSSR count). The highest BCUT2D eigenvalue weighted by Gasteiger charge is 2.14. The number of aryl methyl sites for hydroxylation is 2. The van der Waals surface area contributed by atoms with Crippen LogP contribution in [0.25, 0.3) is 22.6 Å². The van der Waals surface area contributed by atoms with Crippen molar-refractivity contribution in [2.45, 2.75) is 20.5 Å². The summed E-state index contributed by atoms with van der Waals surface area (Å²) in [6.45, 7) is 3.68. The number of aromatic nitrogens is 4. The van der Waals surface area contributed by atoms with E-state index in [4.69, 9.17) is 16.3 Å². The summed E-state index contributed by atoms with van der Waals surface area (Å²) in [5.41, 5.74) is 3.79. The van der Waals surface area contributed by atoms with Crippen LogP contribution < -0.4 is 4.74 Å². The van der Waals surface area contributed by atoms with Gasteiger partial charge < -0.3 is 9.72 Å². The minimum Gasteiger partial charge on any atom is -0.487 e. The van der Waals surface area contributed by atoms with Gasteiger partial charge in [-0.2, -0.15) is 4.39 Å². The molecule has 0 unspecified atom stereocenters. The number of ether oxygens (including phenoxy) is 1. The van der Waals surface area contributed by atoms with Gasteiger partial charge in [0.25, 0.3) is 0 Å². The van der Waals surface area contributed by atoms with Crippen molar-refractivity contribution in [2.75, 3.05) is 0 Å². The molecule has 4 aromatic rings. The second-order valence-electron chi connectivity index (χ2n) is 6.83. The number of rotatable bonds is 5. The fourth-order valence-corrected chi connectivity index (χ4v) is 3.21. The Morgan fingerprint density at radius 1 is 1.00 bits per heavy atom. The summed E-state index contributed by atoms with van der Waals surface area (Å²) in [4.78, 5) is 15.2. The number of aromatic amines is 1. The van der Waals surface area contributed by atoms with Gasteiger partial charge in [0.1, 0.15) is 40.5 Å². The van der Waals surface area contributed by atoms with E-state index in [-0.39, 0.29) is 12.3 Å². The molecule has 5 nitrogen and oxygen atoms in total. The Bertz CT molecular complexity index is 1210. The van der Waals surface area contributed by atoms with Crippen LogP contribution in [0, 0.1) is 25.6 Å². The highest BCUT2D eigenvalue weighted by atomic mass is 35.5. The van der Waals surface area contributed by atoms with Crippen LogP contribution in [0.2, 0.25) is 5.15 Å². The quantitative estimate of drug-likeness (QED) is 0.418. The van der Waals surface area contributed by atoms with Crippen molar-refractivity contribution >= 4 is 11.6 Å². The SMILES string of the molecule is Cc1cnc(COc2ccc(-c3nc(-c4ccc(F)nc4)[nH]c3Cl)cc2C)c(F)c1. The number of H-pyrrole nitrogens is 1. The summed E-state index contributed by atoms with van der Waals surface area (Å²) in [5, 5.41) is 0.355. The average Bonchev–Trinajstić information content (AvgIpc) is 3.10. The Hall–Kier alpha value is -3.32. The van der Waals surface area contributed by atoms with E-state index >= 15 is 0 Å². The van der Waals surface area contributed by atoms with Gasteiger partial charge >= 0.3 is 0 Å². The molecular formula is C22H17ClF2N4O. The number of nitrogens with zero attached hydrogens (tertiary/aromatic N) is 3. The smallest absolute Gasteiger partial charge is 0.212 e. The van der Waals surface area contributed by atoms with E-state index in [1.165, 1.54) is 18.3 Å². The molecule has 0 spiro atoms. The van der Waals surface area contributed by atoms with Gasteiger partial charge in [-0.25, -0.2) is 14.4 Å². The molecule has 0 bridgehead atoms. The summed E-state index contributed by atoms with van der Waals surface area (Å²) in [5.74, 6) is 0.135. The van der Waals surface area contributed by atoms with E-state index in [2.05, 4.69) is 19.9 Å². The van der Waals surface area contributed by atoms with Crippen LogP contribution in [0.1, 0.15) is 16.8 Å². The predicted octanol–water partition coefficient (Wildman–Crippen LogP) is 5.66. The third kappa shape index (κ3) is 4.16. The zero-order chi connectivity index (χ0) is 21.3. The fraction of sp³-hybridized carbons (Fsp3) is 0.136. The first-order valence-corrected chi connectivity index (χ1v) is 9.51. The summed E-state index contributed by atoms with van der Waals surface area (Å²) in [7, 11) is 0. The van der Waals surface area contributed by atoms with E-state index in [1.54, 1.807) is 25.3 Å². The lowest BCUT2D eigenvalue weighted by molar-refractivity contribution is 0.292. The number of imidazole rings is 1. The van der Waals surface area contributed by atoms with Gasteiger partial charge in [0.05, 0.1) is 0 Å². The largest absolute Gasteiger partial charge is 0.487 e. The van der Waals surface area contributed by atoms with Crippen molar-refractivity contribution in [3.63, 3.8) is 0 Å². The standard InChI is InChI=1S/C22H17ClF2N4O/c1-12-7-16(24)17(26-9-12)11-30-18-5-3-14(8-13(18)2)20-21(23)29-22(28-20)15-4-6-19(25)27-10-15/h3-10H,11H2,1-2H3,(H,28,29). The Morgan fingerprint density at radius 2 is 1.80 bits per heavy atom. The Kier molecular flexibility index (Phi) is 5.46. The Balaban J connectivity index is 1.55.